The highest BCUT2D eigenvalue weighted by Crippen LogP contribution is 2.25. The summed E-state index contributed by atoms with van der Waals surface area (Å²) in [6.45, 7) is 1.29. The summed E-state index contributed by atoms with van der Waals surface area (Å²) >= 11 is 0. The molecule has 1 fully saturated rings. The summed E-state index contributed by atoms with van der Waals surface area (Å²) in [6, 6.07) is 2.62. The number of aromatic nitrogens is 1. The minimum atomic E-state index is -3.67. The van der Waals surface area contributed by atoms with Crippen molar-refractivity contribution >= 4 is 26.8 Å². The van der Waals surface area contributed by atoms with Crippen molar-refractivity contribution in [3.63, 3.8) is 0 Å². The van der Waals surface area contributed by atoms with E-state index in [-0.39, 0.29) is 29.3 Å². The zero-order valence-corrected chi connectivity index (χ0v) is 11.3. The van der Waals surface area contributed by atoms with Crippen LogP contribution in [0.4, 0.5) is 5.69 Å². The fraction of sp³-hybridized carbons (Fsp3) is 0.364. The lowest BCUT2D eigenvalue weighted by atomic mass is 10.3. The largest absolute Gasteiger partial charge is 0.417 e. The van der Waals surface area contributed by atoms with E-state index in [9.17, 15) is 13.2 Å². The fourth-order valence-corrected chi connectivity index (χ4v) is 3.60. The lowest BCUT2D eigenvalue weighted by molar-refractivity contribution is 0.0730. The molecule has 3 rings (SSSR count). The number of nitrogens with one attached hydrogen (secondary N) is 1. The molecule has 9 heteroatoms. The minimum Gasteiger partial charge on any atom is -0.408 e. The molecule has 0 unspecified atom stereocenters. The van der Waals surface area contributed by atoms with Crippen LogP contribution in [-0.2, 0) is 14.8 Å². The first-order valence-corrected chi connectivity index (χ1v) is 7.43. The number of benzene rings is 1. The maximum atomic E-state index is 12.5. The van der Waals surface area contributed by atoms with Gasteiger partial charge in [-0.3, -0.25) is 4.98 Å². The predicted molar refractivity (Wildman–Crippen MR) is 70.8 cm³/mol. The first kappa shape index (κ1) is 13.2. The fourth-order valence-electron chi connectivity index (χ4n) is 2.14. The van der Waals surface area contributed by atoms with Crippen LogP contribution in [0.25, 0.3) is 11.1 Å². The van der Waals surface area contributed by atoms with Gasteiger partial charge in [0.25, 0.3) is 0 Å². The Hall–Kier alpha value is -1.84. The Balaban J connectivity index is 2.11. The molecule has 3 N–H and O–H groups in total. The van der Waals surface area contributed by atoms with E-state index in [0.29, 0.717) is 18.7 Å². The number of hydrogen-bond donors (Lipinski definition) is 2. The van der Waals surface area contributed by atoms with Gasteiger partial charge in [-0.2, -0.15) is 4.31 Å². The number of ether oxygens (including phenoxy) is 1. The van der Waals surface area contributed by atoms with Gasteiger partial charge in [-0.1, -0.05) is 0 Å². The lowest BCUT2D eigenvalue weighted by Gasteiger charge is -2.26. The summed E-state index contributed by atoms with van der Waals surface area (Å²) in [7, 11) is -3.67. The van der Waals surface area contributed by atoms with Gasteiger partial charge in [0, 0.05) is 19.2 Å². The van der Waals surface area contributed by atoms with E-state index in [2.05, 4.69) is 4.98 Å². The van der Waals surface area contributed by atoms with Crippen molar-refractivity contribution < 1.29 is 17.6 Å². The van der Waals surface area contributed by atoms with Gasteiger partial charge < -0.3 is 14.9 Å². The molecule has 0 radical (unpaired) electrons. The molecule has 0 amide bonds. The van der Waals surface area contributed by atoms with Crippen LogP contribution >= 0.6 is 0 Å². The third-order valence-electron chi connectivity index (χ3n) is 3.14. The number of anilines is 1. The van der Waals surface area contributed by atoms with Gasteiger partial charge in [0.2, 0.25) is 10.0 Å². The van der Waals surface area contributed by atoms with Crippen LogP contribution in [0.1, 0.15) is 0 Å². The Morgan fingerprint density at radius 1 is 1.25 bits per heavy atom. The van der Waals surface area contributed by atoms with Gasteiger partial charge in [-0.25, -0.2) is 13.2 Å². The smallest absolute Gasteiger partial charge is 0.408 e. The van der Waals surface area contributed by atoms with Crippen molar-refractivity contribution in [2.24, 2.45) is 0 Å². The molecule has 2 aromatic rings. The molecule has 8 nitrogen and oxygen atoms in total. The molecule has 1 aliphatic heterocycles. The summed E-state index contributed by atoms with van der Waals surface area (Å²) in [5, 5.41) is 0. The number of morpholine rings is 1. The number of nitrogens with two attached hydrogens (primary N) is 1. The maximum Gasteiger partial charge on any atom is 0.417 e. The molecule has 0 spiro atoms. The molecule has 0 bridgehead atoms. The molecule has 2 heterocycles. The highest BCUT2D eigenvalue weighted by Gasteiger charge is 2.27. The Morgan fingerprint density at radius 2 is 1.95 bits per heavy atom. The monoisotopic (exact) mass is 299 g/mol. The summed E-state index contributed by atoms with van der Waals surface area (Å²) in [5.41, 5.74) is 6.34. The first-order chi connectivity index (χ1) is 9.48. The van der Waals surface area contributed by atoms with Crippen molar-refractivity contribution in [3.8, 4) is 0 Å². The number of nitrogens with zero attached hydrogens (tertiary/aromatic N) is 1. The van der Waals surface area contributed by atoms with Gasteiger partial charge in [0.15, 0.2) is 5.58 Å². The first-order valence-electron chi connectivity index (χ1n) is 5.99. The van der Waals surface area contributed by atoms with E-state index in [4.69, 9.17) is 14.9 Å². The maximum absolute atomic E-state index is 12.5. The number of nitrogen functional groups attached to an aromatic ring is 1. The second kappa shape index (κ2) is 4.62. The molecule has 108 valence electrons. The van der Waals surface area contributed by atoms with Gasteiger partial charge in [0.1, 0.15) is 5.52 Å². The molecule has 1 aromatic carbocycles. The number of oxazole rings is 1. The number of H-pyrrole nitrogens is 1. The normalized spacial score (nSPS) is 17.6. The summed E-state index contributed by atoms with van der Waals surface area (Å²) in [4.78, 5) is 13.6. The number of rotatable bonds is 2. The van der Waals surface area contributed by atoms with Gasteiger partial charge in [0.05, 0.1) is 23.8 Å². The standard InChI is InChI=1S/C11H13N3O5S/c12-8-5-7(6-9-10(8)13-11(15)19-9)20(16,17)14-1-3-18-4-2-14/h5-6H,1-4,12H2,(H,13,15). The predicted octanol–water partition coefficient (Wildman–Crippen LogP) is -0.276. The van der Waals surface area contributed by atoms with Crippen LogP contribution in [0.3, 0.4) is 0 Å². The number of sulfonamides is 1. The van der Waals surface area contributed by atoms with Crippen molar-refractivity contribution in [1.82, 2.24) is 9.29 Å². The second-order valence-corrected chi connectivity index (χ2v) is 6.35. The zero-order valence-electron chi connectivity index (χ0n) is 10.5. The highest BCUT2D eigenvalue weighted by molar-refractivity contribution is 7.89. The van der Waals surface area contributed by atoms with E-state index in [0.717, 1.165) is 0 Å². The molecule has 1 aliphatic rings. The number of fused-ring (bicyclic) bond motifs is 1. The quantitative estimate of drug-likeness (QED) is 0.736. The molecular formula is C11H13N3O5S. The average Bonchev–Trinajstić information content (AvgIpc) is 2.81. The summed E-state index contributed by atoms with van der Waals surface area (Å²) < 4.78 is 36.3. The Kier molecular flexibility index (Phi) is 3.04. The van der Waals surface area contributed by atoms with Crippen LogP contribution in [-0.4, -0.2) is 44.0 Å². The van der Waals surface area contributed by atoms with E-state index in [1.807, 2.05) is 0 Å². The zero-order chi connectivity index (χ0) is 14.3. The van der Waals surface area contributed by atoms with Crippen LogP contribution in [0, 0.1) is 0 Å². The van der Waals surface area contributed by atoms with Crippen LogP contribution in [0.15, 0.2) is 26.2 Å². The Bertz CT molecular complexity index is 801. The van der Waals surface area contributed by atoms with E-state index >= 15 is 0 Å². The van der Waals surface area contributed by atoms with Crippen LogP contribution in [0.2, 0.25) is 0 Å². The van der Waals surface area contributed by atoms with E-state index < -0.39 is 15.8 Å². The van der Waals surface area contributed by atoms with E-state index in [1.54, 1.807) is 0 Å². The molecule has 20 heavy (non-hydrogen) atoms. The minimum absolute atomic E-state index is 0.00662. The third-order valence-corrected chi connectivity index (χ3v) is 5.02. The molecular weight excluding hydrogens is 286 g/mol. The lowest BCUT2D eigenvalue weighted by Crippen LogP contribution is -2.40. The van der Waals surface area contributed by atoms with Crippen molar-refractivity contribution in [3.05, 3.63) is 22.7 Å². The SMILES string of the molecule is Nc1cc(S(=O)(=O)N2CCOCC2)cc2oc(=O)[nH]c12. The van der Waals surface area contributed by atoms with Crippen molar-refractivity contribution in [2.45, 2.75) is 4.90 Å². The van der Waals surface area contributed by atoms with Crippen LogP contribution < -0.4 is 11.5 Å². The molecule has 0 saturated carbocycles. The Labute approximate surface area is 114 Å². The highest BCUT2D eigenvalue weighted by atomic mass is 32.2. The van der Waals surface area contributed by atoms with Crippen molar-refractivity contribution in [2.75, 3.05) is 32.0 Å². The van der Waals surface area contributed by atoms with Gasteiger partial charge >= 0.3 is 5.76 Å². The third kappa shape index (κ3) is 2.09. The van der Waals surface area contributed by atoms with Crippen LogP contribution in [0.5, 0.6) is 0 Å². The average molecular weight is 299 g/mol. The summed E-state index contributed by atoms with van der Waals surface area (Å²) in [5.74, 6) is -0.673. The number of hydrogen-bond acceptors (Lipinski definition) is 6. The summed E-state index contributed by atoms with van der Waals surface area (Å²) in [6.07, 6.45) is 0. The molecule has 1 saturated heterocycles. The van der Waals surface area contributed by atoms with Crippen molar-refractivity contribution in [1.29, 1.82) is 0 Å². The van der Waals surface area contributed by atoms with Gasteiger partial charge in [-0.05, 0) is 6.07 Å². The van der Waals surface area contributed by atoms with E-state index in [1.165, 1.54) is 16.4 Å². The second-order valence-electron chi connectivity index (χ2n) is 4.42. The molecule has 1 aromatic heterocycles. The topological polar surface area (TPSA) is 119 Å². The molecule has 0 aliphatic carbocycles. The molecule has 0 atom stereocenters. The number of aromatic amines is 1. The Morgan fingerprint density at radius 3 is 2.65 bits per heavy atom. The van der Waals surface area contributed by atoms with Gasteiger partial charge in [-0.15, -0.1) is 0 Å².